The largest absolute Gasteiger partial charge is 0.497 e. The van der Waals surface area contributed by atoms with Crippen molar-refractivity contribution in [1.29, 1.82) is 0 Å². The van der Waals surface area contributed by atoms with E-state index in [-0.39, 0.29) is 17.3 Å². The number of methoxy groups -OCH3 is 1. The average Bonchev–Trinajstić information content (AvgIpc) is 3.16. The van der Waals surface area contributed by atoms with Gasteiger partial charge in [-0.1, -0.05) is 6.07 Å². The van der Waals surface area contributed by atoms with Crippen molar-refractivity contribution in [1.82, 2.24) is 14.8 Å². The number of rotatable bonds is 7. The Morgan fingerprint density at radius 1 is 1.25 bits per heavy atom. The lowest BCUT2D eigenvalue weighted by Crippen LogP contribution is -2.16. The molecule has 12 heteroatoms. The van der Waals surface area contributed by atoms with E-state index in [2.05, 4.69) is 20.7 Å². The fourth-order valence-electron chi connectivity index (χ4n) is 2.59. The van der Waals surface area contributed by atoms with Gasteiger partial charge in [0.15, 0.2) is 11.0 Å². The summed E-state index contributed by atoms with van der Waals surface area (Å²) < 4.78 is 12.0. The number of nitro benzene ring substituents is 1. The van der Waals surface area contributed by atoms with Crippen LogP contribution in [0.2, 0.25) is 0 Å². The van der Waals surface area contributed by atoms with E-state index in [1.807, 2.05) is 24.3 Å². The molecule has 0 aliphatic carbocycles. The Hall–Kier alpha value is -3.93. The SMILES string of the molecule is CCOC(=O)/C(=N\Nc1cccc([N+](=O)[O-])c1)Sc1nnc(-c2ccc(OC)cc2)n1C. The molecule has 0 saturated carbocycles. The zero-order valence-electron chi connectivity index (χ0n) is 17.5. The molecular formula is C20H20N6O5S. The molecule has 0 aliphatic heterocycles. The Kier molecular flexibility index (Phi) is 7.39. The molecule has 2 aromatic carbocycles. The highest BCUT2D eigenvalue weighted by Crippen LogP contribution is 2.26. The van der Waals surface area contributed by atoms with Crippen LogP contribution in [0.15, 0.2) is 58.8 Å². The summed E-state index contributed by atoms with van der Waals surface area (Å²) >= 11 is 0.960. The number of benzene rings is 2. The Labute approximate surface area is 187 Å². The average molecular weight is 456 g/mol. The number of hydrogen-bond acceptors (Lipinski definition) is 10. The van der Waals surface area contributed by atoms with E-state index in [0.717, 1.165) is 23.1 Å². The van der Waals surface area contributed by atoms with Gasteiger partial charge < -0.3 is 14.0 Å². The highest BCUT2D eigenvalue weighted by atomic mass is 32.2. The number of nitrogens with zero attached hydrogens (tertiary/aromatic N) is 5. The van der Waals surface area contributed by atoms with Gasteiger partial charge in [0.1, 0.15) is 5.75 Å². The van der Waals surface area contributed by atoms with Crippen molar-refractivity contribution in [2.24, 2.45) is 12.1 Å². The van der Waals surface area contributed by atoms with Crippen LogP contribution in [0.1, 0.15) is 6.92 Å². The third-order valence-corrected chi connectivity index (χ3v) is 5.15. The summed E-state index contributed by atoms with van der Waals surface area (Å²) in [6.45, 7) is 1.84. The van der Waals surface area contributed by atoms with E-state index >= 15 is 0 Å². The summed E-state index contributed by atoms with van der Waals surface area (Å²) in [6.07, 6.45) is 0. The summed E-state index contributed by atoms with van der Waals surface area (Å²) in [4.78, 5) is 22.8. The number of anilines is 1. The number of thioether (sulfide) groups is 1. The number of nitro groups is 1. The molecule has 166 valence electrons. The Morgan fingerprint density at radius 3 is 2.66 bits per heavy atom. The third-order valence-electron chi connectivity index (χ3n) is 4.16. The van der Waals surface area contributed by atoms with Crippen molar-refractivity contribution in [3.8, 4) is 17.1 Å². The van der Waals surface area contributed by atoms with Crippen molar-refractivity contribution in [2.45, 2.75) is 12.1 Å². The quantitative estimate of drug-likeness (QED) is 0.142. The molecule has 0 bridgehead atoms. The minimum absolute atomic E-state index is 0.0323. The minimum Gasteiger partial charge on any atom is -0.497 e. The molecule has 32 heavy (non-hydrogen) atoms. The molecule has 1 aromatic heterocycles. The van der Waals surface area contributed by atoms with Crippen LogP contribution < -0.4 is 10.2 Å². The minimum atomic E-state index is -0.663. The zero-order valence-corrected chi connectivity index (χ0v) is 18.3. The van der Waals surface area contributed by atoms with E-state index < -0.39 is 10.9 Å². The van der Waals surface area contributed by atoms with Gasteiger partial charge in [0.25, 0.3) is 5.69 Å². The van der Waals surface area contributed by atoms with Crippen molar-refractivity contribution in [2.75, 3.05) is 19.1 Å². The highest BCUT2D eigenvalue weighted by Gasteiger charge is 2.20. The number of nitrogens with one attached hydrogen (secondary N) is 1. The summed E-state index contributed by atoms with van der Waals surface area (Å²) in [7, 11) is 3.35. The van der Waals surface area contributed by atoms with Crippen LogP contribution in [-0.2, 0) is 16.6 Å². The predicted molar refractivity (Wildman–Crippen MR) is 120 cm³/mol. The Balaban J connectivity index is 1.85. The van der Waals surface area contributed by atoms with E-state index in [9.17, 15) is 14.9 Å². The van der Waals surface area contributed by atoms with Crippen LogP contribution in [0.25, 0.3) is 11.4 Å². The van der Waals surface area contributed by atoms with Gasteiger partial charge in [-0.05, 0) is 49.0 Å². The molecule has 0 radical (unpaired) electrons. The molecule has 3 rings (SSSR count). The smallest absolute Gasteiger partial charge is 0.365 e. The van der Waals surface area contributed by atoms with E-state index in [4.69, 9.17) is 9.47 Å². The van der Waals surface area contributed by atoms with Crippen LogP contribution in [0.5, 0.6) is 5.75 Å². The summed E-state index contributed by atoms with van der Waals surface area (Å²) in [6, 6.07) is 13.1. The number of hydrazone groups is 1. The maximum atomic E-state index is 12.4. The van der Waals surface area contributed by atoms with Crippen LogP contribution in [0.3, 0.4) is 0 Å². The molecule has 11 nitrogen and oxygen atoms in total. The predicted octanol–water partition coefficient (Wildman–Crippen LogP) is 3.48. The second-order valence-corrected chi connectivity index (χ2v) is 7.21. The molecule has 3 aromatic rings. The van der Waals surface area contributed by atoms with Gasteiger partial charge >= 0.3 is 5.97 Å². The highest BCUT2D eigenvalue weighted by molar-refractivity contribution is 8.15. The van der Waals surface area contributed by atoms with Crippen molar-refractivity contribution in [3.05, 3.63) is 58.6 Å². The van der Waals surface area contributed by atoms with E-state index in [1.165, 1.54) is 18.2 Å². The summed E-state index contributed by atoms with van der Waals surface area (Å²) in [5.41, 5.74) is 3.72. The van der Waals surface area contributed by atoms with Crippen molar-refractivity contribution >= 4 is 34.1 Å². The lowest BCUT2D eigenvalue weighted by atomic mass is 10.2. The summed E-state index contributed by atoms with van der Waals surface area (Å²) in [5, 5.41) is 23.8. The lowest BCUT2D eigenvalue weighted by Gasteiger charge is -2.07. The van der Waals surface area contributed by atoms with Crippen molar-refractivity contribution in [3.63, 3.8) is 0 Å². The number of non-ortho nitro benzene ring substituents is 1. The molecule has 1 N–H and O–H groups in total. The van der Waals surface area contributed by atoms with Gasteiger partial charge in [-0.15, -0.1) is 10.2 Å². The Morgan fingerprint density at radius 2 is 2.00 bits per heavy atom. The summed E-state index contributed by atoms with van der Waals surface area (Å²) in [5.74, 6) is 0.643. The van der Waals surface area contributed by atoms with Gasteiger partial charge in [0.05, 0.1) is 24.3 Å². The van der Waals surface area contributed by atoms with Crippen LogP contribution in [-0.4, -0.2) is 44.4 Å². The van der Waals surface area contributed by atoms with Crippen molar-refractivity contribution < 1.29 is 19.2 Å². The van der Waals surface area contributed by atoms with Crippen LogP contribution in [0, 0.1) is 10.1 Å². The normalized spacial score (nSPS) is 11.2. The molecule has 0 unspecified atom stereocenters. The van der Waals surface area contributed by atoms with Gasteiger partial charge in [0.2, 0.25) is 5.04 Å². The molecule has 0 aliphatic rings. The molecule has 1 heterocycles. The molecule has 0 atom stereocenters. The standard InChI is InChI=1S/C20H20N6O5S/c1-4-31-19(27)18(23-21-14-6-5-7-15(12-14)26(28)29)32-20-24-22-17(25(20)2)13-8-10-16(30-3)11-9-13/h5-12,21H,4H2,1-3H3/b23-18+. The number of aromatic nitrogens is 3. The number of ether oxygens (including phenoxy) is 2. The van der Waals surface area contributed by atoms with E-state index in [1.54, 1.807) is 31.7 Å². The van der Waals surface area contributed by atoms with Crippen LogP contribution >= 0.6 is 11.8 Å². The van der Waals surface area contributed by atoms with Gasteiger partial charge in [-0.2, -0.15) is 5.10 Å². The number of carbonyl (C=O) groups is 1. The monoisotopic (exact) mass is 456 g/mol. The van der Waals surface area contributed by atoms with E-state index in [0.29, 0.717) is 16.7 Å². The number of esters is 1. The first-order chi connectivity index (χ1) is 15.4. The Bertz CT molecular complexity index is 1150. The van der Waals surface area contributed by atoms with Gasteiger partial charge in [0, 0.05) is 24.7 Å². The second-order valence-electron chi connectivity index (χ2n) is 6.25. The first kappa shape index (κ1) is 22.7. The molecule has 0 saturated heterocycles. The lowest BCUT2D eigenvalue weighted by molar-refractivity contribution is -0.384. The number of carbonyl (C=O) groups excluding carboxylic acids is 1. The number of hydrogen-bond donors (Lipinski definition) is 1. The first-order valence-electron chi connectivity index (χ1n) is 9.39. The molecule has 0 spiro atoms. The molecule has 0 amide bonds. The molecule has 0 fully saturated rings. The third kappa shape index (κ3) is 5.40. The maximum Gasteiger partial charge on any atom is 0.365 e. The molecular weight excluding hydrogens is 436 g/mol. The fraction of sp³-hybridized carbons (Fsp3) is 0.200. The maximum absolute atomic E-state index is 12.4. The first-order valence-corrected chi connectivity index (χ1v) is 10.2. The topological polar surface area (TPSA) is 134 Å². The fourth-order valence-corrected chi connectivity index (χ4v) is 3.30. The zero-order chi connectivity index (χ0) is 23.1. The van der Waals surface area contributed by atoms with Gasteiger partial charge in [-0.25, -0.2) is 4.79 Å². The van der Waals surface area contributed by atoms with Crippen LogP contribution in [0.4, 0.5) is 11.4 Å². The second kappa shape index (κ2) is 10.4. The van der Waals surface area contributed by atoms with Gasteiger partial charge in [-0.3, -0.25) is 15.5 Å².